The van der Waals surface area contributed by atoms with E-state index < -0.39 is 0 Å². The Hall–Kier alpha value is -1.40. The lowest BCUT2D eigenvalue weighted by molar-refractivity contribution is 0.178. The SMILES string of the molecule is CCN1CCC(N(C)c2cc(NC)nc(COC)n2)CC1. The number of piperidine rings is 1. The second-order valence-corrected chi connectivity index (χ2v) is 5.49. The molecular weight excluding hydrogens is 266 g/mol. The largest absolute Gasteiger partial charge is 0.377 e. The maximum Gasteiger partial charge on any atom is 0.158 e. The minimum atomic E-state index is 0.435. The summed E-state index contributed by atoms with van der Waals surface area (Å²) in [7, 11) is 5.67. The molecule has 6 nitrogen and oxygen atoms in total. The van der Waals surface area contributed by atoms with Gasteiger partial charge in [0.1, 0.15) is 18.2 Å². The first-order chi connectivity index (χ1) is 10.2. The van der Waals surface area contributed by atoms with Crippen molar-refractivity contribution in [2.24, 2.45) is 0 Å². The van der Waals surface area contributed by atoms with E-state index in [2.05, 4.69) is 39.1 Å². The van der Waals surface area contributed by atoms with Crippen LogP contribution in [-0.2, 0) is 11.3 Å². The summed E-state index contributed by atoms with van der Waals surface area (Å²) in [6, 6.07) is 2.55. The predicted octanol–water partition coefficient (Wildman–Crippen LogP) is 1.59. The topological polar surface area (TPSA) is 53.5 Å². The molecule has 118 valence electrons. The zero-order valence-corrected chi connectivity index (χ0v) is 13.6. The zero-order chi connectivity index (χ0) is 15.2. The van der Waals surface area contributed by atoms with E-state index in [1.807, 2.05) is 13.1 Å². The van der Waals surface area contributed by atoms with Crippen LogP contribution in [0, 0.1) is 0 Å². The minimum absolute atomic E-state index is 0.435. The van der Waals surface area contributed by atoms with Crippen molar-refractivity contribution in [3.63, 3.8) is 0 Å². The number of methoxy groups -OCH3 is 1. The number of hydrogen-bond acceptors (Lipinski definition) is 6. The van der Waals surface area contributed by atoms with E-state index in [1.165, 1.54) is 25.9 Å². The minimum Gasteiger partial charge on any atom is -0.377 e. The second kappa shape index (κ2) is 7.56. The highest BCUT2D eigenvalue weighted by Crippen LogP contribution is 2.22. The number of likely N-dealkylation sites (tertiary alicyclic amines) is 1. The number of nitrogens with zero attached hydrogens (tertiary/aromatic N) is 4. The smallest absolute Gasteiger partial charge is 0.158 e. The highest BCUT2D eigenvalue weighted by Gasteiger charge is 2.23. The fourth-order valence-corrected chi connectivity index (χ4v) is 2.80. The van der Waals surface area contributed by atoms with Crippen molar-refractivity contribution in [3.05, 3.63) is 11.9 Å². The van der Waals surface area contributed by atoms with Gasteiger partial charge in [-0.15, -0.1) is 0 Å². The van der Waals surface area contributed by atoms with Crippen molar-refractivity contribution >= 4 is 11.6 Å². The Bertz CT molecular complexity index is 446. The molecule has 0 unspecified atom stereocenters. The Morgan fingerprint density at radius 2 is 2.10 bits per heavy atom. The standard InChI is InChI=1S/C15H27N5O/c1-5-20-8-6-12(7-9-20)19(3)15-10-13(16-2)17-14(18-15)11-21-4/h10,12H,5-9,11H2,1-4H3,(H,16,17,18). The molecule has 0 amide bonds. The maximum absolute atomic E-state index is 5.16. The average Bonchev–Trinajstić information content (AvgIpc) is 2.54. The molecule has 21 heavy (non-hydrogen) atoms. The number of nitrogens with one attached hydrogen (secondary N) is 1. The average molecular weight is 293 g/mol. The summed E-state index contributed by atoms with van der Waals surface area (Å²) in [6.07, 6.45) is 2.37. The molecule has 1 fully saturated rings. The van der Waals surface area contributed by atoms with Crippen LogP contribution in [0.15, 0.2) is 6.07 Å². The van der Waals surface area contributed by atoms with E-state index in [0.717, 1.165) is 24.0 Å². The molecule has 2 rings (SSSR count). The molecule has 1 aliphatic rings. The van der Waals surface area contributed by atoms with E-state index in [9.17, 15) is 0 Å². The second-order valence-electron chi connectivity index (χ2n) is 5.49. The van der Waals surface area contributed by atoms with Gasteiger partial charge in [-0.25, -0.2) is 9.97 Å². The van der Waals surface area contributed by atoms with Crippen LogP contribution < -0.4 is 10.2 Å². The lowest BCUT2D eigenvalue weighted by atomic mass is 10.0. The Balaban J connectivity index is 2.10. The molecule has 0 aromatic carbocycles. The first-order valence-electron chi connectivity index (χ1n) is 7.67. The number of rotatable bonds is 6. The normalized spacial score (nSPS) is 17.0. The number of anilines is 2. The number of aromatic nitrogens is 2. The molecule has 6 heteroatoms. The van der Waals surface area contributed by atoms with Gasteiger partial charge in [0.15, 0.2) is 5.82 Å². The van der Waals surface area contributed by atoms with Crippen LogP contribution >= 0.6 is 0 Å². The van der Waals surface area contributed by atoms with Gasteiger partial charge in [-0.05, 0) is 19.4 Å². The molecule has 0 saturated carbocycles. The number of ether oxygens (including phenoxy) is 1. The summed E-state index contributed by atoms with van der Waals surface area (Å²) < 4.78 is 5.16. The quantitative estimate of drug-likeness (QED) is 0.859. The summed E-state index contributed by atoms with van der Waals surface area (Å²) in [5, 5.41) is 3.10. The third-order valence-corrected chi connectivity index (χ3v) is 4.20. The first kappa shape index (κ1) is 16.0. The molecule has 0 spiro atoms. The van der Waals surface area contributed by atoms with Crippen molar-refractivity contribution in [1.82, 2.24) is 14.9 Å². The Kier molecular flexibility index (Phi) is 5.76. The molecule has 1 aromatic heterocycles. The van der Waals surface area contributed by atoms with Crippen LogP contribution in [-0.4, -0.2) is 61.7 Å². The zero-order valence-electron chi connectivity index (χ0n) is 13.6. The van der Waals surface area contributed by atoms with Crippen molar-refractivity contribution in [2.75, 3.05) is 51.1 Å². The van der Waals surface area contributed by atoms with Gasteiger partial charge in [0.2, 0.25) is 0 Å². The van der Waals surface area contributed by atoms with Gasteiger partial charge >= 0.3 is 0 Å². The van der Waals surface area contributed by atoms with Crippen LogP contribution in [0.1, 0.15) is 25.6 Å². The van der Waals surface area contributed by atoms with Crippen LogP contribution in [0.25, 0.3) is 0 Å². The predicted molar refractivity (Wildman–Crippen MR) is 85.8 cm³/mol. The Labute approximate surface area is 127 Å². The van der Waals surface area contributed by atoms with Gasteiger partial charge in [-0.1, -0.05) is 6.92 Å². The molecule has 1 saturated heterocycles. The highest BCUT2D eigenvalue weighted by molar-refractivity contribution is 5.49. The molecule has 2 heterocycles. The molecular formula is C15H27N5O. The summed E-state index contributed by atoms with van der Waals surface area (Å²) in [4.78, 5) is 13.8. The van der Waals surface area contributed by atoms with E-state index in [0.29, 0.717) is 12.6 Å². The third-order valence-electron chi connectivity index (χ3n) is 4.20. The summed E-state index contributed by atoms with van der Waals surface area (Å²) in [6.45, 7) is 6.14. The van der Waals surface area contributed by atoms with Gasteiger partial charge in [-0.2, -0.15) is 0 Å². The van der Waals surface area contributed by atoms with Crippen molar-refractivity contribution < 1.29 is 4.74 Å². The monoisotopic (exact) mass is 293 g/mol. The summed E-state index contributed by atoms with van der Waals surface area (Å²) in [5.41, 5.74) is 0. The molecule has 0 radical (unpaired) electrons. The van der Waals surface area contributed by atoms with E-state index in [1.54, 1.807) is 7.11 Å². The van der Waals surface area contributed by atoms with Crippen LogP contribution in [0.3, 0.4) is 0 Å². The van der Waals surface area contributed by atoms with Crippen molar-refractivity contribution in [3.8, 4) is 0 Å². The van der Waals surface area contributed by atoms with Gasteiger partial charge in [0.05, 0.1) is 0 Å². The van der Waals surface area contributed by atoms with Gasteiger partial charge < -0.3 is 19.9 Å². The molecule has 1 aliphatic heterocycles. The maximum atomic E-state index is 5.16. The van der Waals surface area contributed by atoms with Crippen LogP contribution in [0.5, 0.6) is 0 Å². The van der Waals surface area contributed by atoms with Crippen LogP contribution in [0.4, 0.5) is 11.6 Å². The Morgan fingerprint density at radius 3 is 2.67 bits per heavy atom. The molecule has 0 atom stereocenters. The van der Waals surface area contributed by atoms with Crippen molar-refractivity contribution in [2.45, 2.75) is 32.4 Å². The van der Waals surface area contributed by atoms with Crippen LogP contribution in [0.2, 0.25) is 0 Å². The van der Waals surface area contributed by atoms with E-state index >= 15 is 0 Å². The van der Waals surface area contributed by atoms with E-state index in [4.69, 9.17) is 4.74 Å². The van der Waals surface area contributed by atoms with Gasteiger partial charge in [0.25, 0.3) is 0 Å². The lowest BCUT2D eigenvalue weighted by Gasteiger charge is -2.37. The molecule has 0 aliphatic carbocycles. The highest BCUT2D eigenvalue weighted by atomic mass is 16.5. The number of hydrogen-bond donors (Lipinski definition) is 1. The fourth-order valence-electron chi connectivity index (χ4n) is 2.80. The fraction of sp³-hybridized carbons (Fsp3) is 0.733. The lowest BCUT2D eigenvalue weighted by Crippen LogP contribution is -2.43. The van der Waals surface area contributed by atoms with Crippen molar-refractivity contribution in [1.29, 1.82) is 0 Å². The molecule has 1 N–H and O–H groups in total. The third kappa shape index (κ3) is 4.04. The van der Waals surface area contributed by atoms with E-state index in [-0.39, 0.29) is 0 Å². The summed E-state index contributed by atoms with van der Waals surface area (Å²) >= 11 is 0. The summed E-state index contributed by atoms with van der Waals surface area (Å²) in [5.74, 6) is 2.53. The van der Waals surface area contributed by atoms with Gasteiger partial charge in [-0.3, -0.25) is 0 Å². The molecule has 0 bridgehead atoms. The van der Waals surface area contributed by atoms with Gasteiger partial charge in [0, 0.05) is 46.4 Å². The molecule has 1 aromatic rings. The first-order valence-corrected chi connectivity index (χ1v) is 7.67. The Morgan fingerprint density at radius 1 is 1.38 bits per heavy atom.